The number of aliphatic carboxylic acids is 1. The Morgan fingerprint density at radius 3 is 2.62 bits per heavy atom. The molecule has 176 valence electrons. The summed E-state index contributed by atoms with van der Waals surface area (Å²) in [7, 11) is 0. The normalized spacial score (nSPS) is 16.6. The number of carboxylic acid groups (broad SMARTS) is 1. The SMILES string of the molecule is C[C@@]1(Cc2cccc(Cl)c2Cl)Cc2cc(C(=O)N(CC(=O)O)Cc3cccc(Br)c3)ccc2O1. The Labute approximate surface area is 216 Å². The van der Waals surface area contributed by atoms with E-state index in [2.05, 4.69) is 15.9 Å². The van der Waals surface area contributed by atoms with Gasteiger partial charge in [0.2, 0.25) is 0 Å². The summed E-state index contributed by atoms with van der Waals surface area (Å²) in [6, 6.07) is 18.2. The largest absolute Gasteiger partial charge is 0.487 e. The minimum atomic E-state index is -1.07. The van der Waals surface area contributed by atoms with E-state index in [1.807, 2.05) is 43.3 Å². The number of rotatable bonds is 7. The van der Waals surface area contributed by atoms with Gasteiger partial charge in [0.25, 0.3) is 5.91 Å². The van der Waals surface area contributed by atoms with E-state index in [1.165, 1.54) is 4.90 Å². The van der Waals surface area contributed by atoms with Crippen LogP contribution in [0.25, 0.3) is 0 Å². The van der Waals surface area contributed by atoms with Gasteiger partial charge >= 0.3 is 5.97 Å². The molecule has 1 amide bonds. The van der Waals surface area contributed by atoms with Crippen LogP contribution in [-0.2, 0) is 24.2 Å². The maximum atomic E-state index is 13.3. The van der Waals surface area contributed by atoms with Gasteiger partial charge in [-0.2, -0.15) is 0 Å². The molecule has 1 N–H and O–H groups in total. The summed E-state index contributed by atoms with van der Waals surface area (Å²) in [5.41, 5.74) is 2.49. The number of nitrogens with zero attached hydrogens (tertiary/aromatic N) is 1. The first kappa shape index (κ1) is 24.6. The Hall–Kier alpha value is -2.54. The summed E-state index contributed by atoms with van der Waals surface area (Å²) in [6.07, 6.45) is 1.13. The van der Waals surface area contributed by atoms with Gasteiger partial charge in [-0.05, 0) is 60.0 Å². The molecule has 0 aliphatic carbocycles. The number of hydrogen-bond acceptors (Lipinski definition) is 3. The minimum Gasteiger partial charge on any atom is -0.487 e. The third-order valence-corrected chi connectivity index (χ3v) is 7.05. The molecule has 5 nitrogen and oxygen atoms in total. The van der Waals surface area contributed by atoms with Crippen molar-refractivity contribution in [3.05, 3.63) is 97.4 Å². The van der Waals surface area contributed by atoms with E-state index in [0.29, 0.717) is 34.2 Å². The molecule has 4 rings (SSSR count). The molecule has 0 spiro atoms. The van der Waals surface area contributed by atoms with Crippen LogP contribution in [0.15, 0.2) is 65.1 Å². The van der Waals surface area contributed by atoms with E-state index in [1.54, 1.807) is 24.3 Å². The average Bonchev–Trinajstić information content (AvgIpc) is 3.10. The lowest BCUT2D eigenvalue weighted by atomic mass is 9.91. The fourth-order valence-corrected chi connectivity index (χ4v) is 5.08. The molecule has 1 atom stereocenters. The molecule has 34 heavy (non-hydrogen) atoms. The van der Waals surface area contributed by atoms with Crippen LogP contribution in [0, 0.1) is 0 Å². The van der Waals surface area contributed by atoms with Crippen molar-refractivity contribution in [2.75, 3.05) is 6.54 Å². The predicted molar refractivity (Wildman–Crippen MR) is 136 cm³/mol. The number of carboxylic acids is 1. The van der Waals surface area contributed by atoms with Crippen LogP contribution in [0.1, 0.15) is 34.0 Å². The highest BCUT2D eigenvalue weighted by Crippen LogP contribution is 2.39. The van der Waals surface area contributed by atoms with Crippen LogP contribution in [0.5, 0.6) is 5.75 Å². The molecule has 0 saturated carbocycles. The number of fused-ring (bicyclic) bond motifs is 1. The Morgan fingerprint density at radius 2 is 1.88 bits per heavy atom. The molecule has 0 radical (unpaired) electrons. The number of hydrogen-bond donors (Lipinski definition) is 1. The van der Waals surface area contributed by atoms with E-state index in [0.717, 1.165) is 21.2 Å². The molecule has 0 aromatic heterocycles. The molecule has 8 heteroatoms. The van der Waals surface area contributed by atoms with Crippen molar-refractivity contribution in [3.63, 3.8) is 0 Å². The van der Waals surface area contributed by atoms with Crippen molar-refractivity contribution in [2.24, 2.45) is 0 Å². The summed E-state index contributed by atoms with van der Waals surface area (Å²) >= 11 is 16.0. The lowest BCUT2D eigenvalue weighted by Gasteiger charge is -2.24. The summed E-state index contributed by atoms with van der Waals surface area (Å²) in [5, 5.41) is 10.4. The number of benzene rings is 3. The van der Waals surface area contributed by atoms with E-state index in [9.17, 15) is 14.7 Å². The lowest BCUT2D eigenvalue weighted by Crippen LogP contribution is -2.35. The third-order valence-electron chi connectivity index (χ3n) is 5.70. The zero-order valence-electron chi connectivity index (χ0n) is 18.4. The fourth-order valence-electron chi connectivity index (χ4n) is 4.24. The first-order chi connectivity index (χ1) is 16.1. The highest BCUT2D eigenvalue weighted by molar-refractivity contribution is 9.10. The maximum absolute atomic E-state index is 13.3. The van der Waals surface area contributed by atoms with Crippen molar-refractivity contribution in [1.29, 1.82) is 0 Å². The first-order valence-electron chi connectivity index (χ1n) is 10.6. The zero-order chi connectivity index (χ0) is 24.5. The Kier molecular flexibility index (Phi) is 7.22. The van der Waals surface area contributed by atoms with Crippen LogP contribution in [0.3, 0.4) is 0 Å². The van der Waals surface area contributed by atoms with E-state index >= 15 is 0 Å². The molecule has 3 aromatic carbocycles. The summed E-state index contributed by atoms with van der Waals surface area (Å²) in [5.74, 6) is -0.718. The lowest BCUT2D eigenvalue weighted by molar-refractivity contribution is -0.137. The highest BCUT2D eigenvalue weighted by Gasteiger charge is 2.36. The van der Waals surface area contributed by atoms with Crippen molar-refractivity contribution in [1.82, 2.24) is 4.90 Å². The highest BCUT2D eigenvalue weighted by atomic mass is 79.9. The Morgan fingerprint density at radius 1 is 1.12 bits per heavy atom. The van der Waals surface area contributed by atoms with Gasteiger partial charge in [0, 0.05) is 29.4 Å². The molecule has 1 aliphatic rings. The monoisotopic (exact) mass is 561 g/mol. The Balaban J connectivity index is 1.55. The van der Waals surface area contributed by atoms with E-state index < -0.39 is 18.1 Å². The molecule has 0 bridgehead atoms. The topological polar surface area (TPSA) is 66.8 Å². The van der Waals surface area contributed by atoms with Crippen LogP contribution >= 0.6 is 39.1 Å². The van der Waals surface area contributed by atoms with Gasteiger partial charge in [0.05, 0.1) is 10.0 Å². The van der Waals surface area contributed by atoms with Gasteiger partial charge in [-0.25, -0.2) is 0 Å². The number of amides is 1. The molecular formula is C26H22BrCl2NO4. The molecule has 0 fully saturated rings. The maximum Gasteiger partial charge on any atom is 0.323 e. The van der Waals surface area contributed by atoms with Crippen molar-refractivity contribution in [2.45, 2.75) is 31.9 Å². The predicted octanol–water partition coefficient (Wildman–Crippen LogP) is 6.42. The molecule has 0 saturated heterocycles. The van der Waals surface area contributed by atoms with Gasteiger partial charge in [-0.15, -0.1) is 0 Å². The van der Waals surface area contributed by atoms with Gasteiger partial charge in [-0.1, -0.05) is 63.4 Å². The van der Waals surface area contributed by atoms with Gasteiger partial charge < -0.3 is 14.7 Å². The van der Waals surface area contributed by atoms with Gasteiger partial charge in [-0.3, -0.25) is 9.59 Å². The first-order valence-corrected chi connectivity index (χ1v) is 12.2. The Bertz CT molecular complexity index is 1270. The van der Waals surface area contributed by atoms with Crippen LogP contribution in [0.2, 0.25) is 10.0 Å². The number of halogens is 3. The standard InChI is InChI=1S/C26H22BrCl2NO4/c1-26(12-18-5-3-7-21(28)24(18)29)13-19-11-17(8-9-22(19)34-26)25(33)30(15-23(31)32)14-16-4-2-6-20(27)10-16/h2-11H,12-15H2,1H3,(H,31,32)/t26-/m1/s1. The molecular weight excluding hydrogens is 541 g/mol. The minimum absolute atomic E-state index is 0.184. The van der Waals surface area contributed by atoms with Crippen molar-refractivity contribution in [3.8, 4) is 5.75 Å². The van der Waals surface area contributed by atoms with Crippen molar-refractivity contribution < 1.29 is 19.4 Å². The van der Waals surface area contributed by atoms with Crippen LogP contribution < -0.4 is 4.74 Å². The summed E-state index contributed by atoms with van der Waals surface area (Å²) in [6.45, 7) is 1.78. The zero-order valence-corrected chi connectivity index (χ0v) is 21.5. The molecule has 1 heterocycles. The third kappa shape index (κ3) is 5.57. The van der Waals surface area contributed by atoms with Crippen LogP contribution in [-0.4, -0.2) is 34.0 Å². The average molecular weight is 563 g/mol. The van der Waals surface area contributed by atoms with E-state index in [-0.39, 0.29) is 12.5 Å². The number of ether oxygens (including phenoxy) is 1. The van der Waals surface area contributed by atoms with Crippen LogP contribution in [0.4, 0.5) is 0 Å². The smallest absolute Gasteiger partial charge is 0.323 e. The fraction of sp³-hybridized carbons (Fsp3) is 0.231. The second-order valence-electron chi connectivity index (χ2n) is 8.63. The quantitative estimate of drug-likeness (QED) is 0.361. The second-order valence-corrected chi connectivity index (χ2v) is 10.3. The van der Waals surface area contributed by atoms with Crippen molar-refractivity contribution >= 4 is 51.0 Å². The van der Waals surface area contributed by atoms with E-state index in [4.69, 9.17) is 27.9 Å². The summed E-state index contributed by atoms with van der Waals surface area (Å²) in [4.78, 5) is 26.1. The number of carbonyl (C=O) groups is 2. The van der Waals surface area contributed by atoms with Gasteiger partial charge in [0.15, 0.2) is 0 Å². The molecule has 3 aromatic rings. The molecule has 1 aliphatic heterocycles. The molecule has 0 unspecified atom stereocenters. The number of carbonyl (C=O) groups excluding carboxylic acids is 1. The second kappa shape index (κ2) is 9.98. The van der Waals surface area contributed by atoms with Gasteiger partial charge in [0.1, 0.15) is 17.9 Å². The summed E-state index contributed by atoms with van der Waals surface area (Å²) < 4.78 is 7.10.